The monoisotopic (exact) mass is 301 g/mol. The van der Waals surface area contributed by atoms with Crippen LogP contribution in [0.5, 0.6) is 0 Å². The molecule has 19 heavy (non-hydrogen) atoms. The number of carbonyl (C=O) groups excluding carboxylic acids is 1. The van der Waals surface area contributed by atoms with Crippen LogP contribution < -0.4 is 5.32 Å². The van der Waals surface area contributed by atoms with Gasteiger partial charge in [0.05, 0.1) is 28.8 Å². The smallest absolute Gasteiger partial charge is 0.227 e. The topological polar surface area (TPSA) is 63.2 Å². The number of amides is 1. The largest absolute Gasteiger partial charge is 0.350 e. The van der Waals surface area contributed by atoms with Crippen LogP contribution in [0.1, 0.15) is 18.4 Å². The van der Waals surface area contributed by atoms with Gasteiger partial charge in [0.25, 0.3) is 0 Å². The van der Waals surface area contributed by atoms with Crippen molar-refractivity contribution in [2.24, 2.45) is 0 Å². The Morgan fingerprint density at radius 2 is 1.95 bits per heavy atom. The number of sulfone groups is 1. The third-order valence-corrected chi connectivity index (χ3v) is 5.68. The molecule has 1 heterocycles. The summed E-state index contributed by atoms with van der Waals surface area (Å²) in [4.78, 5) is 12.1. The van der Waals surface area contributed by atoms with Crippen molar-refractivity contribution in [3.63, 3.8) is 0 Å². The van der Waals surface area contributed by atoms with Crippen LogP contribution in [0.2, 0.25) is 0 Å². The molecule has 3 unspecified atom stereocenters. The summed E-state index contributed by atoms with van der Waals surface area (Å²) in [5, 5.41) is 2.19. The summed E-state index contributed by atoms with van der Waals surface area (Å²) in [6, 6.07) is 8.85. The lowest BCUT2D eigenvalue weighted by molar-refractivity contribution is -0.122. The Bertz CT molecular complexity index is 559. The molecule has 1 N–H and O–H groups in total. The minimum absolute atomic E-state index is 0.0702. The molecule has 0 aromatic heterocycles. The number of alkyl halides is 1. The first kappa shape index (κ1) is 14.3. The first-order valence-electron chi connectivity index (χ1n) is 6.09. The van der Waals surface area contributed by atoms with E-state index in [0.29, 0.717) is 0 Å². The van der Waals surface area contributed by atoms with Gasteiger partial charge >= 0.3 is 0 Å². The molecule has 6 heteroatoms. The third-order valence-electron chi connectivity index (χ3n) is 3.30. The Hall–Kier alpha value is -1.07. The summed E-state index contributed by atoms with van der Waals surface area (Å²) < 4.78 is 22.9. The summed E-state index contributed by atoms with van der Waals surface area (Å²) in [6.07, 6.45) is 0. The second kappa shape index (κ2) is 5.51. The van der Waals surface area contributed by atoms with Crippen molar-refractivity contribution in [3.8, 4) is 0 Å². The van der Waals surface area contributed by atoms with Crippen molar-refractivity contribution < 1.29 is 13.2 Å². The van der Waals surface area contributed by atoms with Gasteiger partial charge in [-0.3, -0.25) is 4.79 Å². The van der Waals surface area contributed by atoms with Crippen LogP contribution in [0.3, 0.4) is 0 Å². The fraction of sp³-hybridized carbons (Fsp3) is 0.462. The number of benzene rings is 1. The molecular formula is C13H16ClNO3S. The minimum atomic E-state index is -3.13. The highest BCUT2D eigenvalue weighted by Gasteiger charge is 2.37. The van der Waals surface area contributed by atoms with Gasteiger partial charge in [0, 0.05) is 0 Å². The predicted octanol–water partition coefficient (Wildman–Crippen LogP) is 1.31. The van der Waals surface area contributed by atoms with Crippen molar-refractivity contribution >= 4 is 27.3 Å². The lowest BCUT2D eigenvalue weighted by Gasteiger charge is -2.18. The van der Waals surface area contributed by atoms with Crippen molar-refractivity contribution in [3.05, 3.63) is 35.9 Å². The van der Waals surface area contributed by atoms with Gasteiger partial charge in [-0.25, -0.2) is 8.42 Å². The highest BCUT2D eigenvalue weighted by Crippen LogP contribution is 2.20. The number of hydrogen-bond acceptors (Lipinski definition) is 3. The van der Waals surface area contributed by atoms with Crippen LogP contribution in [0.15, 0.2) is 30.3 Å². The van der Waals surface area contributed by atoms with E-state index >= 15 is 0 Å². The van der Waals surface area contributed by atoms with E-state index in [2.05, 4.69) is 5.32 Å². The number of nitrogens with one attached hydrogen (secondary N) is 1. The SMILES string of the molecule is CC(C(=O)NC1CS(=O)(=O)CC1Cl)c1ccccc1. The minimum Gasteiger partial charge on any atom is -0.350 e. The summed E-state index contributed by atoms with van der Waals surface area (Å²) >= 11 is 5.96. The number of rotatable bonds is 3. The Labute approximate surface area is 118 Å². The van der Waals surface area contributed by atoms with Gasteiger partial charge in [0.1, 0.15) is 0 Å². The van der Waals surface area contributed by atoms with E-state index in [1.807, 2.05) is 30.3 Å². The van der Waals surface area contributed by atoms with Gasteiger partial charge < -0.3 is 5.32 Å². The molecule has 1 saturated heterocycles. The predicted molar refractivity (Wildman–Crippen MR) is 75.1 cm³/mol. The molecule has 1 aliphatic heterocycles. The van der Waals surface area contributed by atoms with Crippen LogP contribution >= 0.6 is 11.6 Å². The van der Waals surface area contributed by atoms with E-state index in [0.717, 1.165) is 5.56 Å². The van der Waals surface area contributed by atoms with E-state index in [4.69, 9.17) is 11.6 Å². The second-order valence-corrected chi connectivity index (χ2v) is 7.55. The molecule has 0 saturated carbocycles. The number of halogens is 1. The molecule has 2 rings (SSSR count). The van der Waals surface area contributed by atoms with Crippen LogP contribution in [0.4, 0.5) is 0 Å². The molecule has 0 bridgehead atoms. The summed E-state index contributed by atoms with van der Waals surface area (Å²) in [7, 11) is -3.13. The van der Waals surface area contributed by atoms with E-state index < -0.39 is 21.3 Å². The summed E-state index contributed by atoms with van der Waals surface area (Å²) in [5.74, 6) is -0.666. The molecule has 4 nitrogen and oxygen atoms in total. The average molecular weight is 302 g/mol. The molecule has 1 aliphatic rings. The quantitative estimate of drug-likeness (QED) is 0.856. The summed E-state index contributed by atoms with van der Waals surface area (Å²) in [6.45, 7) is 1.79. The van der Waals surface area contributed by atoms with Crippen LogP contribution in [-0.4, -0.2) is 37.2 Å². The third kappa shape index (κ3) is 3.48. The Balaban J connectivity index is 2.02. The molecule has 1 amide bonds. The Kier molecular flexibility index (Phi) is 4.16. The maximum absolute atomic E-state index is 12.1. The highest BCUT2D eigenvalue weighted by molar-refractivity contribution is 7.91. The fourth-order valence-corrected chi connectivity index (χ4v) is 4.69. The van der Waals surface area contributed by atoms with Crippen molar-refractivity contribution in [2.45, 2.75) is 24.3 Å². The first-order valence-corrected chi connectivity index (χ1v) is 8.34. The zero-order valence-electron chi connectivity index (χ0n) is 10.5. The molecule has 0 aliphatic carbocycles. The van der Waals surface area contributed by atoms with Crippen LogP contribution in [0, 0.1) is 0 Å². The van der Waals surface area contributed by atoms with Gasteiger partial charge in [-0.1, -0.05) is 30.3 Å². The van der Waals surface area contributed by atoms with E-state index in [1.54, 1.807) is 6.92 Å². The maximum atomic E-state index is 12.1. The van der Waals surface area contributed by atoms with Gasteiger partial charge in [-0.2, -0.15) is 0 Å². The Morgan fingerprint density at radius 1 is 1.32 bits per heavy atom. The van der Waals surface area contributed by atoms with Crippen molar-refractivity contribution in [1.29, 1.82) is 0 Å². The molecule has 3 atom stereocenters. The van der Waals surface area contributed by atoms with E-state index in [-0.39, 0.29) is 23.3 Å². The summed E-state index contributed by atoms with van der Waals surface area (Å²) in [5.41, 5.74) is 0.895. The second-order valence-electron chi connectivity index (χ2n) is 4.84. The molecule has 0 spiro atoms. The van der Waals surface area contributed by atoms with E-state index in [1.165, 1.54) is 0 Å². The number of hydrogen-bond donors (Lipinski definition) is 1. The highest BCUT2D eigenvalue weighted by atomic mass is 35.5. The lowest BCUT2D eigenvalue weighted by Crippen LogP contribution is -2.42. The van der Waals surface area contributed by atoms with Crippen molar-refractivity contribution in [2.75, 3.05) is 11.5 Å². The van der Waals surface area contributed by atoms with Gasteiger partial charge in [-0.05, 0) is 12.5 Å². The number of carbonyl (C=O) groups is 1. The van der Waals surface area contributed by atoms with Gasteiger partial charge in [-0.15, -0.1) is 11.6 Å². The lowest BCUT2D eigenvalue weighted by atomic mass is 10.00. The van der Waals surface area contributed by atoms with E-state index in [9.17, 15) is 13.2 Å². The molecular weight excluding hydrogens is 286 g/mol. The molecule has 104 valence electrons. The van der Waals surface area contributed by atoms with Crippen molar-refractivity contribution in [1.82, 2.24) is 5.32 Å². The zero-order chi connectivity index (χ0) is 14.0. The molecule has 1 fully saturated rings. The Morgan fingerprint density at radius 3 is 2.47 bits per heavy atom. The zero-order valence-corrected chi connectivity index (χ0v) is 12.1. The fourth-order valence-electron chi connectivity index (χ4n) is 2.14. The maximum Gasteiger partial charge on any atom is 0.227 e. The van der Waals surface area contributed by atoms with Gasteiger partial charge in [0.15, 0.2) is 9.84 Å². The van der Waals surface area contributed by atoms with Crippen LogP contribution in [0.25, 0.3) is 0 Å². The normalized spacial score (nSPS) is 26.8. The first-order chi connectivity index (χ1) is 8.89. The molecule has 1 aromatic rings. The average Bonchev–Trinajstić information content (AvgIpc) is 2.62. The molecule has 1 aromatic carbocycles. The standard InChI is InChI=1S/C13H16ClNO3S/c1-9(10-5-3-2-4-6-10)13(16)15-12-8-19(17,18)7-11(12)14/h2-6,9,11-12H,7-8H2,1H3,(H,15,16). The van der Waals surface area contributed by atoms with Crippen LogP contribution in [-0.2, 0) is 14.6 Å². The van der Waals surface area contributed by atoms with Gasteiger partial charge in [0.2, 0.25) is 5.91 Å². The molecule has 0 radical (unpaired) electrons.